The average molecular weight is 258 g/mol. The molecule has 0 radical (unpaired) electrons. The van der Waals surface area contributed by atoms with E-state index in [-0.39, 0.29) is 10.8 Å². The van der Waals surface area contributed by atoms with Crippen molar-refractivity contribution >= 4 is 0 Å². The molecule has 0 bridgehead atoms. The fraction of sp³-hybridized carbons (Fsp3) is 0.579. The van der Waals surface area contributed by atoms with Crippen LogP contribution in [0, 0.1) is 0 Å². The summed E-state index contributed by atoms with van der Waals surface area (Å²) in [5.74, 6) is 0. The Kier molecular flexibility index (Phi) is 5.01. The first-order valence-electron chi connectivity index (χ1n) is 7.41. The lowest BCUT2D eigenvalue weighted by Crippen LogP contribution is -2.17. The molecule has 1 aromatic rings. The third-order valence-corrected chi connectivity index (χ3v) is 3.63. The molecule has 0 aliphatic carbocycles. The Balaban J connectivity index is 3.15. The lowest BCUT2D eigenvalue weighted by molar-refractivity contribution is 0.568. The van der Waals surface area contributed by atoms with Gasteiger partial charge in [0.05, 0.1) is 0 Å². The molecular weight excluding hydrogens is 228 g/mol. The summed E-state index contributed by atoms with van der Waals surface area (Å²) in [7, 11) is 0. The summed E-state index contributed by atoms with van der Waals surface area (Å²) < 4.78 is 0. The summed E-state index contributed by atoms with van der Waals surface area (Å²) in [6.07, 6.45) is 5.47. The molecular formula is C19H30. The molecule has 1 aromatic carbocycles. The van der Waals surface area contributed by atoms with Crippen molar-refractivity contribution in [2.24, 2.45) is 0 Å². The Bertz CT molecular complexity index is 424. The van der Waals surface area contributed by atoms with Crippen molar-refractivity contribution in [1.29, 1.82) is 0 Å². The van der Waals surface area contributed by atoms with E-state index in [0.717, 1.165) is 12.8 Å². The highest BCUT2D eigenvalue weighted by atomic mass is 14.3. The summed E-state index contributed by atoms with van der Waals surface area (Å²) >= 11 is 0. The fourth-order valence-electron chi connectivity index (χ4n) is 2.44. The lowest BCUT2D eigenvalue weighted by atomic mass is 9.78. The zero-order valence-corrected chi connectivity index (χ0v) is 13.6. The lowest BCUT2D eigenvalue weighted by Gasteiger charge is -2.27. The van der Waals surface area contributed by atoms with E-state index in [4.69, 9.17) is 0 Å². The first-order valence-corrected chi connectivity index (χ1v) is 7.41. The molecule has 0 aliphatic heterocycles. The number of benzene rings is 1. The molecule has 0 nitrogen and oxygen atoms in total. The van der Waals surface area contributed by atoms with Crippen LogP contribution in [-0.2, 0) is 17.3 Å². The van der Waals surface area contributed by atoms with Crippen LogP contribution in [0.4, 0.5) is 0 Å². The van der Waals surface area contributed by atoms with Crippen molar-refractivity contribution < 1.29 is 0 Å². The Hall–Kier alpha value is -1.04. The second-order valence-electron chi connectivity index (χ2n) is 7.55. The molecule has 0 N–H and O–H groups in total. The van der Waals surface area contributed by atoms with Gasteiger partial charge in [-0.1, -0.05) is 65.8 Å². The number of unbranched alkanes of at least 4 members (excludes halogenated alkanes) is 1. The van der Waals surface area contributed by atoms with Gasteiger partial charge in [-0.3, -0.25) is 0 Å². The van der Waals surface area contributed by atoms with Gasteiger partial charge >= 0.3 is 0 Å². The highest BCUT2D eigenvalue weighted by Crippen LogP contribution is 2.31. The molecule has 106 valence electrons. The normalized spacial score (nSPS) is 12.5. The molecule has 0 amide bonds. The summed E-state index contributed by atoms with van der Waals surface area (Å²) in [6, 6.07) is 7.06. The molecule has 0 fully saturated rings. The topological polar surface area (TPSA) is 0 Å². The SMILES string of the molecule is C=CCCCc1cc(C(C)(C)C)ccc1C(C)(C)C. The summed E-state index contributed by atoms with van der Waals surface area (Å²) in [6.45, 7) is 17.6. The van der Waals surface area contributed by atoms with Gasteiger partial charge in [-0.15, -0.1) is 6.58 Å². The largest absolute Gasteiger partial charge is 0.103 e. The summed E-state index contributed by atoms with van der Waals surface area (Å²) in [4.78, 5) is 0. The van der Waals surface area contributed by atoms with Crippen LogP contribution in [0.2, 0.25) is 0 Å². The Morgan fingerprint density at radius 3 is 2.11 bits per heavy atom. The van der Waals surface area contributed by atoms with Crippen LogP contribution >= 0.6 is 0 Å². The Morgan fingerprint density at radius 2 is 1.63 bits per heavy atom. The highest BCUT2D eigenvalue weighted by Gasteiger charge is 2.20. The minimum absolute atomic E-state index is 0.222. The van der Waals surface area contributed by atoms with Crippen LogP contribution in [0.15, 0.2) is 30.9 Å². The maximum Gasteiger partial charge on any atom is -0.0129 e. The van der Waals surface area contributed by atoms with Gasteiger partial charge in [-0.05, 0) is 46.8 Å². The smallest absolute Gasteiger partial charge is 0.0129 e. The molecule has 0 heteroatoms. The van der Waals surface area contributed by atoms with Crippen molar-refractivity contribution in [3.8, 4) is 0 Å². The van der Waals surface area contributed by atoms with E-state index < -0.39 is 0 Å². The molecule has 0 unspecified atom stereocenters. The maximum atomic E-state index is 3.82. The molecule has 1 rings (SSSR count). The van der Waals surface area contributed by atoms with Gasteiger partial charge in [0, 0.05) is 0 Å². The number of aryl methyl sites for hydroxylation is 1. The van der Waals surface area contributed by atoms with Crippen molar-refractivity contribution in [3.05, 3.63) is 47.5 Å². The predicted molar refractivity (Wildman–Crippen MR) is 87.0 cm³/mol. The van der Waals surface area contributed by atoms with E-state index in [1.54, 1.807) is 0 Å². The average Bonchev–Trinajstić information content (AvgIpc) is 2.26. The van der Waals surface area contributed by atoms with Crippen LogP contribution < -0.4 is 0 Å². The van der Waals surface area contributed by atoms with Crippen LogP contribution in [0.3, 0.4) is 0 Å². The van der Waals surface area contributed by atoms with Gasteiger partial charge in [0.25, 0.3) is 0 Å². The van der Waals surface area contributed by atoms with Crippen LogP contribution in [0.1, 0.15) is 71.1 Å². The van der Waals surface area contributed by atoms with Gasteiger partial charge < -0.3 is 0 Å². The first-order chi connectivity index (χ1) is 8.66. The minimum Gasteiger partial charge on any atom is -0.103 e. The van der Waals surface area contributed by atoms with Gasteiger partial charge in [-0.25, -0.2) is 0 Å². The van der Waals surface area contributed by atoms with Gasteiger partial charge in [0.15, 0.2) is 0 Å². The molecule has 19 heavy (non-hydrogen) atoms. The molecule has 0 aliphatic rings. The zero-order valence-electron chi connectivity index (χ0n) is 13.6. The quantitative estimate of drug-likeness (QED) is 0.473. The predicted octanol–water partition coefficient (Wildman–Crippen LogP) is 5.79. The number of allylic oxidation sites excluding steroid dienone is 1. The summed E-state index contributed by atoms with van der Waals surface area (Å²) in [5.41, 5.74) is 4.89. The Labute approximate surface area is 119 Å². The number of hydrogen-bond acceptors (Lipinski definition) is 0. The van der Waals surface area contributed by atoms with E-state index >= 15 is 0 Å². The second kappa shape index (κ2) is 5.94. The minimum atomic E-state index is 0.222. The molecule has 0 atom stereocenters. The Morgan fingerprint density at radius 1 is 1.00 bits per heavy atom. The van der Waals surface area contributed by atoms with Crippen LogP contribution in [0.5, 0.6) is 0 Å². The third kappa shape index (κ3) is 4.53. The third-order valence-electron chi connectivity index (χ3n) is 3.63. The van der Waals surface area contributed by atoms with Crippen molar-refractivity contribution in [2.45, 2.75) is 71.6 Å². The van der Waals surface area contributed by atoms with Gasteiger partial charge in [-0.2, -0.15) is 0 Å². The van der Waals surface area contributed by atoms with Crippen molar-refractivity contribution in [3.63, 3.8) is 0 Å². The number of rotatable bonds is 4. The molecule has 0 saturated carbocycles. The van der Waals surface area contributed by atoms with E-state index in [1.165, 1.54) is 23.1 Å². The molecule has 0 spiro atoms. The van der Waals surface area contributed by atoms with Crippen molar-refractivity contribution in [1.82, 2.24) is 0 Å². The van der Waals surface area contributed by atoms with E-state index in [2.05, 4.69) is 66.3 Å². The van der Waals surface area contributed by atoms with Gasteiger partial charge in [0.2, 0.25) is 0 Å². The van der Waals surface area contributed by atoms with E-state index in [0.29, 0.717) is 0 Å². The summed E-state index contributed by atoms with van der Waals surface area (Å²) in [5, 5.41) is 0. The molecule has 0 heterocycles. The van der Waals surface area contributed by atoms with E-state index in [9.17, 15) is 0 Å². The number of hydrogen-bond donors (Lipinski definition) is 0. The first kappa shape index (κ1) is 16.0. The molecule has 0 aromatic heterocycles. The maximum absolute atomic E-state index is 3.82. The molecule has 0 saturated heterocycles. The van der Waals surface area contributed by atoms with Crippen LogP contribution in [0.25, 0.3) is 0 Å². The zero-order chi connectivity index (χ0) is 14.7. The highest BCUT2D eigenvalue weighted by molar-refractivity contribution is 5.39. The monoisotopic (exact) mass is 258 g/mol. The van der Waals surface area contributed by atoms with Crippen molar-refractivity contribution in [2.75, 3.05) is 0 Å². The second-order valence-corrected chi connectivity index (χ2v) is 7.55. The van der Waals surface area contributed by atoms with E-state index in [1.807, 2.05) is 6.08 Å². The fourth-order valence-corrected chi connectivity index (χ4v) is 2.44. The van der Waals surface area contributed by atoms with Crippen LogP contribution in [-0.4, -0.2) is 0 Å². The van der Waals surface area contributed by atoms with Gasteiger partial charge in [0.1, 0.15) is 0 Å². The standard InChI is InChI=1S/C19H30/c1-8-9-10-11-15-14-16(18(2,3)4)12-13-17(15)19(5,6)7/h8,12-14H,1,9-11H2,2-7H3.